The zero-order valence-corrected chi connectivity index (χ0v) is 13.2. The van der Waals surface area contributed by atoms with E-state index in [-0.39, 0.29) is 11.8 Å². The van der Waals surface area contributed by atoms with Crippen LogP contribution in [0.5, 0.6) is 0 Å². The summed E-state index contributed by atoms with van der Waals surface area (Å²) in [5.74, 6) is 0.943. The Morgan fingerprint density at radius 1 is 1.17 bits per heavy atom. The monoisotopic (exact) mass is 320 g/mol. The number of pyridine rings is 1. The molecule has 1 fully saturated rings. The molecule has 1 aliphatic heterocycles. The van der Waals surface area contributed by atoms with Crippen LogP contribution in [0.25, 0.3) is 11.6 Å². The average molecular weight is 320 g/mol. The van der Waals surface area contributed by atoms with Crippen LogP contribution in [0.2, 0.25) is 0 Å². The second kappa shape index (κ2) is 5.88. The topological polar surface area (TPSA) is 72.1 Å². The number of rotatable bonds is 3. The Bertz CT molecular complexity index is 858. The molecule has 1 amide bonds. The lowest BCUT2D eigenvalue weighted by molar-refractivity contribution is -0.117. The number of anilines is 1. The number of amides is 1. The average Bonchev–Trinajstić information content (AvgIpc) is 3.23. The van der Waals surface area contributed by atoms with E-state index in [1.54, 1.807) is 11.1 Å². The maximum atomic E-state index is 12.3. The van der Waals surface area contributed by atoms with Gasteiger partial charge < -0.3 is 9.42 Å². The van der Waals surface area contributed by atoms with Crippen LogP contribution in [0.3, 0.4) is 0 Å². The fraction of sp³-hybridized carbons (Fsp3) is 0.222. The van der Waals surface area contributed by atoms with Crippen LogP contribution < -0.4 is 4.90 Å². The van der Waals surface area contributed by atoms with E-state index in [9.17, 15) is 4.79 Å². The van der Waals surface area contributed by atoms with Crippen LogP contribution in [-0.4, -0.2) is 27.6 Å². The van der Waals surface area contributed by atoms with Crippen molar-refractivity contribution in [3.8, 4) is 11.6 Å². The second-order valence-electron chi connectivity index (χ2n) is 5.91. The predicted molar refractivity (Wildman–Crippen MR) is 88.4 cm³/mol. The number of carbonyl (C=O) groups excluding carboxylic acids is 1. The minimum absolute atomic E-state index is 0.0694. The third-order valence-corrected chi connectivity index (χ3v) is 4.16. The molecule has 6 nitrogen and oxygen atoms in total. The van der Waals surface area contributed by atoms with Crippen LogP contribution in [0.15, 0.2) is 53.2 Å². The SMILES string of the molecule is Cc1ccc(N2C[C@@H](c3noc(-c4ccccn4)n3)CC2=O)cc1. The summed E-state index contributed by atoms with van der Waals surface area (Å²) in [6, 6.07) is 13.4. The quantitative estimate of drug-likeness (QED) is 0.742. The predicted octanol–water partition coefficient (Wildman–Crippen LogP) is 2.96. The van der Waals surface area contributed by atoms with E-state index >= 15 is 0 Å². The molecule has 4 rings (SSSR count). The van der Waals surface area contributed by atoms with Gasteiger partial charge in [-0.2, -0.15) is 4.98 Å². The van der Waals surface area contributed by atoms with E-state index in [4.69, 9.17) is 4.52 Å². The van der Waals surface area contributed by atoms with Gasteiger partial charge >= 0.3 is 0 Å². The van der Waals surface area contributed by atoms with Crippen LogP contribution in [0.4, 0.5) is 5.69 Å². The van der Waals surface area contributed by atoms with Gasteiger partial charge in [-0.05, 0) is 31.2 Å². The number of aromatic nitrogens is 3. The van der Waals surface area contributed by atoms with Gasteiger partial charge in [-0.1, -0.05) is 28.9 Å². The molecule has 120 valence electrons. The molecule has 0 spiro atoms. The molecule has 0 unspecified atom stereocenters. The van der Waals surface area contributed by atoms with E-state index in [1.807, 2.05) is 49.4 Å². The zero-order valence-electron chi connectivity index (χ0n) is 13.2. The van der Waals surface area contributed by atoms with Gasteiger partial charge in [0.25, 0.3) is 5.89 Å². The summed E-state index contributed by atoms with van der Waals surface area (Å²) in [5.41, 5.74) is 2.71. The molecule has 1 aromatic carbocycles. The molecule has 1 atom stereocenters. The molecule has 0 saturated carbocycles. The molecular formula is C18H16N4O2. The molecule has 24 heavy (non-hydrogen) atoms. The summed E-state index contributed by atoms with van der Waals surface area (Å²) in [5, 5.41) is 4.05. The van der Waals surface area contributed by atoms with Gasteiger partial charge in [0, 0.05) is 30.8 Å². The van der Waals surface area contributed by atoms with E-state index in [2.05, 4.69) is 15.1 Å². The van der Waals surface area contributed by atoms with Crippen molar-refractivity contribution in [1.29, 1.82) is 0 Å². The molecule has 2 aromatic heterocycles. The van der Waals surface area contributed by atoms with Crippen LogP contribution in [-0.2, 0) is 4.79 Å². The number of aryl methyl sites for hydroxylation is 1. The maximum Gasteiger partial charge on any atom is 0.276 e. The molecule has 0 radical (unpaired) electrons. The van der Waals surface area contributed by atoms with Crippen molar-refractivity contribution in [2.45, 2.75) is 19.3 Å². The van der Waals surface area contributed by atoms with Gasteiger partial charge in [0.05, 0.1) is 0 Å². The Kier molecular flexibility index (Phi) is 3.57. The van der Waals surface area contributed by atoms with Gasteiger partial charge in [0.15, 0.2) is 5.82 Å². The number of carbonyl (C=O) groups is 1. The van der Waals surface area contributed by atoms with Crippen LogP contribution >= 0.6 is 0 Å². The lowest BCUT2D eigenvalue weighted by atomic mass is 10.1. The first-order valence-corrected chi connectivity index (χ1v) is 7.83. The van der Waals surface area contributed by atoms with Gasteiger partial charge in [0.2, 0.25) is 5.91 Å². The van der Waals surface area contributed by atoms with Crippen molar-refractivity contribution in [2.75, 3.05) is 11.4 Å². The largest absolute Gasteiger partial charge is 0.332 e. The van der Waals surface area contributed by atoms with Crippen molar-refractivity contribution in [2.24, 2.45) is 0 Å². The maximum absolute atomic E-state index is 12.3. The fourth-order valence-corrected chi connectivity index (χ4v) is 2.85. The van der Waals surface area contributed by atoms with E-state index < -0.39 is 0 Å². The summed E-state index contributed by atoms with van der Waals surface area (Å²) < 4.78 is 5.30. The molecule has 3 aromatic rings. The number of hydrogen-bond acceptors (Lipinski definition) is 5. The highest BCUT2D eigenvalue weighted by Crippen LogP contribution is 2.31. The molecular weight excluding hydrogens is 304 g/mol. The highest BCUT2D eigenvalue weighted by atomic mass is 16.5. The first-order valence-electron chi connectivity index (χ1n) is 7.83. The molecule has 6 heteroatoms. The van der Waals surface area contributed by atoms with Crippen molar-refractivity contribution in [1.82, 2.24) is 15.1 Å². The van der Waals surface area contributed by atoms with Gasteiger partial charge in [0.1, 0.15) is 5.69 Å². The Balaban J connectivity index is 1.55. The summed E-state index contributed by atoms with van der Waals surface area (Å²) in [6.45, 7) is 2.58. The van der Waals surface area contributed by atoms with E-state index in [0.717, 1.165) is 5.69 Å². The summed E-state index contributed by atoms with van der Waals surface area (Å²) in [4.78, 5) is 22.7. The van der Waals surface area contributed by atoms with Gasteiger partial charge in [-0.15, -0.1) is 0 Å². The Hall–Kier alpha value is -3.02. The van der Waals surface area contributed by atoms with Crippen molar-refractivity contribution >= 4 is 11.6 Å². The van der Waals surface area contributed by atoms with Crippen molar-refractivity contribution in [3.05, 3.63) is 60.0 Å². The third-order valence-electron chi connectivity index (χ3n) is 4.16. The lowest BCUT2D eigenvalue weighted by Gasteiger charge is -2.16. The Morgan fingerprint density at radius 3 is 2.75 bits per heavy atom. The molecule has 0 bridgehead atoms. The molecule has 0 aliphatic carbocycles. The second-order valence-corrected chi connectivity index (χ2v) is 5.91. The van der Waals surface area contributed by atoms with Gasteiger partial charge in [-0.3, -0.25) is 9.78 Å². The first-order chi connectivity index (χ1) is 11.7. The van der Waals surface area contributed by atoms with E-state index in [0.29, 0.717) is 30.4 Å². The summed E-state index contributed by atoms with van der Waals surface area (Å²) in [7, 11) is 0. The lowest BCUT2D eigenvalue weighted by Crippen LogP contribution is -2.24. The smallest absolute Gasteiger partial charge is 0.276 e. The normalized spacial score (nSPS) is 17.5. The van der Waals surface area contributed by atoms with Gasteiger partial charge in [-0.25, -0.2) is 0 Å². The van der Waals surface area contributed by atoms with E-state index in [1.165, 1.54) is 5.56 Å². The minimum Gasteiger partial charge on any atom is -0.332 e. The molecule has 0 N–H and O–H groups in total. The number of benzene rings is 1. The van der Waals surface area contributed by atoms with Crippen LogP contribution in [0.1, 0.15) is 23.7 Å². The Labute approximate surface area is 139 Å². The number of hydrogen-bond donors (Lipinski definition) is 0. The van der Waals surface area contributed by atoms with Crippen molar-refractivity contribution < 1.29 is 9.32 Å². The zero-order chi connectivity index (χ0) is 16.5. The molecule has 1 aliphatic rings. The highest BCUT2D eigenvalue weighted by molar-refractivity contribution is 5.96. The van der Waals surface area contributed by atoms with Crippen molar-refractivity contribution in [3.63, 3.8) is 0 Å². The molecule has 3 heterocycles. The minimum atomic E-state index is -0.0694. The van der Waals surface area contributed by atoms with Crippen LogP contribution in [0, 0.1) is 6.92 Å². The summed E-state index contributed by atoms with van der Waals surface area (Å²) in [6.07, 6.45) is 2.06. The fourth-order valence-electron chi connectivity index (χ4n) is 2.85. The third kappa shape index (κ3) is 2.67. The first kappa shape index (κ1) is 14.6. The molecule has 1 saturated heterocycles. The Morgan fingerprint density at radius 2 is 2.00 bits per heavy atom. The number of nitrogens with zero attached hydrogens (tertiary/aromatic N) is 4. The highest BCUT2D eigenvalue weighted by Gasteiger charge is 2.34. The standard InChI is InChI=1S/C18H16N4O2/c1-12-5-7-14(8-6-12)22-11-13(10-16(22)23)17-20-18(24-21-17)15-4-2-3-9-19-15/h2-9,13H,10-11H2,1H3/t13-/m0/s1. The summed E-state index contributed by atoms with van der Waals surface area (Å²) >= 11 is 0.